The van der Waals surface area contributed by atoms with Gasteiger partial charge in [-0.15, -0.1) is 0 Å². The van der Waals surface area contributed by atoms with Gasteiger partial charge in [-0.25, -0.2) is 4.98 Å². The minimum absolute atomic E-state index is 0.197. The molecule has 0 unspecified atom stereocenters. The van der Waals surface area contributed by atoms with Gasteiger partial charge in [0.25, 0.3) is 0 Å². The SMILES string of the molecule is Cc1ccc(Cl)nc1[C@@H](CC(=O)C(F)(F)F)Cc1ccccc1. The number of benzene rings is 1. The van der Waals surface area contributed by atoms with Crippen LogP contribution < -0.4 is 0 Å². The van der Waals surface area contributed by atoms with Crippen LogP contribution in [0.25, 0.3) is 0 Å². The van der Waals surface area contributed by atoms with Gasteiger partial charge in [-0.1, -0.05) is 48.0 Å². The van der Waals surface area contributed by atoms with Gasteiger partial charge in [0, 0.05) is 18.0 Å². The molecule has 1 aromatic carbocycles. The summed E-state index contributed by atoms with van der Waals surface area (Å²) in [5.74, 6) is -2.43. The van der Waals surface area contributed by atoms with E-state index in [-0.39, 0.29) is 11.6 Å². The second-order valence-electron chi connectivity index (χ2n) is 5.35. The van der Waals surface area contributed by atoms with Crippen LogP contribution in [-0.2, 0) is 11.2 Å². The average molecular weight is 342 g/mol. The van der Waals surface area contributed by atoms with E-state index in [4.69, 9.17) is 11.6 Å². The van der Waals surface area contributed by atoms with Crippen LogP contribution in [0.1, 0.15) is 29.2 Å². The molecule has 0 radical (unpaired) electrons. The van der Waals surface area contributed by atoms with E-state index in [1.54, 1.807) is 31.2 Å². The van der Waals surface area contributed by atoms with Gasteiger partial charge >= 0.3 is 6.18 Å². The molecule has 0 aliphatic rings. The lowest BCUT2D eigenvalue weighted by molar-refractivity contribution is -0.171. The predicted molar refractivity (Wildman–Crippen MR) is 82.6 cm³/mol. The molecule has 0 saturated heterocycles. The van der Waals surface area contributed by atoms with Gasteiger partial charge in [-0.2, -0.15) is 13.2 Å². The average Bonchev–Trinajstić information content (AvgIpc) is 2.49. The Morgan fingerprint density at radius 2 is 1.83 bits per heavy atom. The number of carbonyl (C=O) groups is 1. The number of pyridine rings is 1. The van der Waals surface area contributed by atoms with Gasteiger partial charge in [0.2, 0.25) is 5.78 Å². The van der Waals surface area contributed by atoms with Crippen molar-refractivity contribution >= 4 is 17.4 Å². The fourth-order valence-corrected chi connectivity index (χ4v) is 2.59. The summed E-state index contributed by atoms with van der Waals surface area (Å²) in [5.41, 5.74) is 1.98. The Labute approximate surface area is 137 Å². The number of alkyl halides is 3. The van der Waals surface area contributed by atoms with E-state index >= 15 is 0 Å². The first-order valence-corrected chi connectivity index (χ1v) is 7.42. The van der Waals surface area contributed by atoms with Crippen molar-refractivity contribution in [2.24, 2.45) is 0 Å². The van der Waals surface area contributed by atoms with Crippen molar-refractivity contribution in [3.05, 3.63) is 64.4 Å². The molecule has 0 saturated carbocycles. The molecule has 0 fully saturated rings. The third-order valence-electron chi connectivity index (χ3n) is 3.56. The Balaban J connectivity index is 2.34. The maximum absolute atomic E-state index is 12.6. The van der Waals surface area contributed by atoms with Crippen LogP contribution in [0.15, 0.2) is 42.5 Å². The maximum Gasteiger partial charge on any atom is 0.449 e. The molecule has 0 aliphatic heterocycles. The van der Waals surface area contributed by atoms with Crippen LogP contribution in [0.2, 0.25) is 5.15 Å². The van der Waals surface area contributed by atoms with E-state index in [2.05, 4.69) is 4.98 Å². The van der Waals surface area contributed by atoms with E-state index in [1.807, 2.05) is 18.2 Å². The lowest BCUT2D eigenvalue weighted by Gasteiger charge is -2.19. The van der Waals surface area contributed by atoms with E-state index in [1.165, 1.54) is 0 Å². The first-order valence-electron chi connectivity index (χ1n) is 7.04. The highest BCUT2D eigenvalue weighted by molar-refractivity contribution is 6.29. The minimum atomic E-state index is -4.85. The highest BCUT2D eigenvalue weighted by atomic mass is 35.5. The second kappa shape index (κ2) is 7.13. The maximum atomic E-state index is 12.6. The molecular formula is C17H15ClF3NO. The van der Waals surface area contributed by atoms with Crippen molar-refractivity contribution in [2.45, 2.75) is 31.9 Å². The Kier molecular flexibility index (Phi) is 5.42. The smallest absolute Gasteiger partial charge is 0.290 e. The van der Waals surface area contributed by atoms with E-state index in [9.17, 15) is 18.0 Å². The van der Waals surface area contributed by atoms with Crippen molar-refractivity contribution in [2.75, 3.05) is 0 Å². The summed E-state index contributed by atoms with van der Waals surface area (Å²) in [6, 6.07) is 12.3. The summed E-state index contributed by atoms with van der Waals surface area (Å²) in [4.78, 5) is 15.6. The van der Waals surface area contributed by atoms with Crippen molar-refractivity contribution in [3.63, 3.8) is 0 Å². The summed E-state index contributed by atoms with van der Waals surface area (Å²) in [6.07, 6.45) is -5.20. The second-order valence-corrected chi connectivity index (χ2v) is 5.74. The quantitative estimate of drug-likeness (QED) is 0.725. The molecule has 6 heteroatoms. The normalized spacial score (nSPS) is 12.9. The number of halogens is 4. The number of rotatable bonds is 5. The standard InChI is InChI=1S/C17H15ClF3NO/c1-11-7-8-15(18)22-16(11)13(10-14(23)17(19,20)21)9-12-5-3-2-4-6-12/h2-8,13H,9-10H2,1H3/t13-/m1/s1. The Hall–Kier alpha value is -1.88. The molecule has 0 N–H and O–H groups in total. The van der Waals surface area contributed by atoms with Gasteiger partial charge < -0.3 is 0 Å². The minimum Gasteiger partial charge on any atom is -0.290 e. The van der Waals surface area contributed by atoms with Gasteiger partial charge in [0.15, 0.2) is 0 Å². The number of aryl methyl sites for hydroxylation is 1. The first kappa shape index (κ1) is 17.5. The zero-order chi connectivity index (χ0) is 17.0. The van der Waals surface area contributed by atoms with Crippen LogP contribution in [0.3, 0.4) is 0 Å². The summed E-state index contributed by atoms with van der Waals surface area (Å²) in [7, 11) is 0. The van der Waals surface area contributed by atoms with Gasteiger partial charge in [-0.05, 0) is 30.5 Å². The van der Waals surface area contributed by atoms with Crippen LogP contribution in [0.4, 0.5) is 13.2 Å². The molecule has 1 atom stereocenters. The van der Waals surface area contributed by atoms with Crippen molar-refractivity contribution in [3.8, 4) is 0 Å². The molecule has 0 spiro atoms. The van der Waals surface area contributed by atoms with E-state index in [0.717, 1.165) is 5.56 Å². The van der Waals surface area contributed by atoms with Crippen LogP contribution >= 0.6 is 11.6 Å². The molecule has 1 aromatic heterocycles. The third kappa shape index (κ3) is 4.79. The zero-order valence-corrected chi connectivity index (χ0v) is 13.2. The summed E-state index contributed by atoms with van der Waals surface area (Å²) >= 11 is 5.87. The lowest BCUT2D eigenvalue weighted by Crippen LogP contribution is -2.26. The molecular weight excluding hydrogens is 327 g/mol. The number of hydrogen-bond donors (Lipinski definition) is 0. The Morgan fingerprint density at radius 1 is 1.17 bits per heavy atom. The molecule has 0 aliphatic carbocycles. The van der Waals surface area contributed by atoms with E-state index < -0.39 is 24.3 Å². The van der Waals surface area contributed by atoms with E-state index in [0.29, 0.717) is 11.3 Å². The lowest BCUT2D eigenvalue weighted by atomic mass is 9.89. The molecule has 0 amide bonds. The molecule has 2 rings (SSSR count). The van der Waals surface area contributed by atoms with Crippen LogP contribution in [0, 0.1) is 6.92 Å². The number of nitrogens with zero attached hydrogens (tertiary/aromatic N) is 1. The molecule has 122 valence electrons. The van der Waals surface area contributed by atoms with Crippen molar-refractivity contribution < 1.29 is 18.0 Å². The molecule has 23 heavy (non-hydrogen) atoms. The largest absolute Gasteiger partial charge is 0.449 e. The summed E-state index contributed by atoms with van der Waals surface area (Å²) < 4.78 is 37.9. The topological polar surface area (TPSA) is 30.0 Å². The monoisotopic (exact) mass is 341 g/mol. The molecule has 0 bridgehead atoms. The highest BCUT2D eigenvalue weighted by Crippen LogP contribution is 2.30. The number of ketones is 1. The Bertz CT molecular complexity index is 686. The summed E-state index contributed by atoms with van der Waals surface area (Å²) in [6.45, 7) is 1.74. The Morgan fingerprint density at radius 3 is 2.43 bits per heavy atom. The van der Waals surface area contributed by atoms with Gasteiger partial charge in [0.05, 0.1) is 0 Å². The zero-order valence-electron chi connectivity index (χ0n) is 12.4. The number of carbonyl (C=O) groups excluding carboxylic acids is 1. The molecule has 2 nitrogen and oxygen atoms in total. The first-order chi connectivity index (χ1) is 10.8. The fraction of sp³-hybridized carbons (Fsp3) is 0.294. The summed E-state index contributed by atoms with van der Waals surface area (Å²) in [5, 5.41) is 0.197. The highest BCUT2D eigenvalue weighted by Gasteiger charge is 2.39. The van der Waals surface area contributed by atoms with Gasteiger partial charge in [-0.3, -0.25) is 4.79 Å². The van der Waals surface area contributed by atoms with Gasteiger partial charge in [0.1, 0.15) is 5.15 Å². The third-order valence-corrected chi connectivity index (χ3v) is 3.77. The molecule has 2 aromatic rings. The fourth-order valence-electron chi connectivity index (χ4n) is 2.44. The number of aromatic nitrogens is 1. The van der Waals surface area contributed by atoms with Crippen molar-refractivity contribution in [1.29, 1.82) is 0 Å². The predicted octanol–water partition coefficient (Wildman–Crippen LogP) is 4.89. The van der Waals surface area contributed by atoms with Crippen molar-refractivity contribution in [1.82, 2.24) is 4.98 Å². The number of Topliss-reactive ketones (excluding diaryl/α,β-unsaturated/α-hetero) is 1. The molecule has 1 heterocycles. The van der Waals surface area contributed by atoms with Crippen LogP contribution in [0.5, 0.6) is 0 Å². The van der Waals surface area contributed by atoms with Crippen LogP contribution in [-0.4, -0.2) is 16.9 Å². The number of hydrogen-bond acceptors (Lipinski definition) is 2.